The molecule has 1 atom stereocenters. The van der Waals surface area contributed by atoms with Gasteiger partial charge >= 0.3 is 0 Å². The number of carbonyl (C=O) groups excluding carboxylic acids is 1. The molecule has 0 aliphatic heterocycles. The summed E-state index contributed by atoms with van der Waals surface area (Å²) in [5.41, 5.74) is 1.38. The smallest absolute Gasteiger partial charge is 0.233 e. The van der Waals surface area contributed by atoms with Gasteiger partial charge in [0, 0.05) is 12.7 Å². The number of pyridine rings is 1. The van der Waals surface area contributed by atoms with Crippen molar-refractivity contribution < 1.29 is 4.79 Å². The number of aromatic amines is 1. The number of thioether (sulfide) groups is 1. The molecule has 0 unspecified atom stereocenters. The van der Waals surface area contributed by atoms with E-state index >= 15 is 0 Å². The van der Waals surface area contributed by atoms with Crippen molar-refractivity contribution in [1.82, 2.24) is 20.3 Å². The number of carbonyl (C=O) groups is 1. The maximum Gasteiger partial charge on any atom is 0.233 e. The SMILES string of the molecule is CC(C)CNC(=O)[C@@H](C)Sc1nc2ncc(Cl)cc2[nH]1. The molecule has 2 aromatic rings. The van der Waals surface area contributed by atoms with Crippen molar-refractivity contribution in [3.63, 3.8) is 0 Å². The first-order valence-corrected chi connectivity index (χ1v) is 7.67. The summed E-state index contributed by atoms with van der Waals surface area (Å²) in [6, 6.07) is 1.77. The fourth-order valence-electron chi connectivity index (χ4n) is 1.58. The van der Waals surface area contributed by atoms with Crippen LogP contribution in [0.15, 0.2) is 17.4 Å². The quantitative estimate of drug-likeness (QED) is 0.833. The average molecular weight is 313 g/mol. The summed E-state index contributed by atoms with van der Waals surface area (Å²) in [5, 5.41) is 3.91. The molecule has 0 radical (unpaired) electrons. The first-order valence-electron chi connectivity index (χ1n) is 6.41. The Labute approximate surface area is 126 Å². The highest BCUT2D eigenvalue weighted by molar-refractivity contribution is 8.00. The largest absolute Gasteiger partial charge is 0.355 e. The molecule has 0 bridgehead atoms. The van der Waals surface area contributed by atoms with Crippen LogP contribution < -0.4 is 5.32 Å². The Balaban J connectivity index is 2.02. The topological polar surface area (TPSA) is 70.7 Å². The number of halogens is 1. The van der Waals surface area contributed by atoms with E-state index in [0.29, 0.717) is 28.3 Å². The maximum absolute atomic E-state index is 11.9. The molecular weight excluding hydrogens is 296 g/mol. The van der Waals surface area contributed by atoms with Crippen LogP contribution in [0, 0.1) is 5.92 Å². The molecule has 2 aromatic heterocycles. The van der Waals surface area contributed by atoms with E-state index < -0.39 is 0 Å². The van der Waals surface area contributed by atoms with Gasteiger partial charge in [0.15, 0.2) is 10.8 Å². The van der Waals surface area contributed by atoms with E-state index in [2.05, 4.69) is 34.1 Å². The Morgan fingerprint density at radius 3 is 2.95 bits per heavy atom. The second kappa shape index (κ2) is 6.45. The number of rotatable bonds is 5. The summed E-state index contributed by atoms with van der Waals surface area (Å²) in [6.45, 7) is 6.66. The van der Waals surface area contributed by atoms with Crippen LogP contribution in [-0.4, -0.2) is 32.7 Å². The molecule has 0 aliphatic carbocycles. The molecule has 108 valence electrons. The zero-order chi connectivity index (χ0) is 14.7. The van der Waals surface area contributed by atoms with Crippen molar-refractivity contribution in [3.8, 4) is 0 Å². The van der Waals surface area contributed by atoms with E-state index in [-0.39, 0.29) is 11.2 Å². The second-order valence-electron chi connectivity index (χ2n) is 4.97. The number of aromatic nitrogens is 3. The number of nitrogens with zero attached hydrogens (tertiary/aromatic N) is 2. The number of amides is 1. The van der Waals surface area contributed by atoms with Gasteiger partial charge in [-0.25, -0.2) is 9.97 Å². The van der Waals surface area contributed by atoms with E-state index in [1.807, 2.05) is 6.92 Å². The van der Waals surface area contributed by atoms with Crippen molar-refractivity contribution >= 4 is 40.4 Å². The Morgan fingerprint density at radius 1 is 1.50 bits per heavy atom. The molecule has 0 saturated carbocycles. The molecule has 0 fully saturated rings. The van der Waals surface area contributed by atoms with Gasteiger partial charge in [-0.15, -0.1) is 0 Å². The molecule has 0 saturated heterocycles. The van der Waals surface area contributed by atoms with Gasteiger partial charge in [-0.3, -0.25) is 4.79 Å². The fraction of sp³-hybridized carbons (Fsp3) is 0.462. The van der Waals surface area contributed by atoms with Crippen molar-refractivity contribution in [2.24, 2.45) is 5.92 Å². The number of hydrogen-bond acceptors (Lipinski definition) is 4. The number of fused-ring (bicyclic) bond motifs is 1. The standard InChI is InChI=1S/C13H17ClN4OS/c1-7(2)5-16-12(19)8(3)20-13-17-10-4-9(14)6-15-11(10)18-13/h4,6-8H,5H2,1-3H3,(H,16,19)(H,15,17,18)/t8-/m1/s1. The summed E-state index contributed by atoms with van der Waals surface area (Å²) in [4.78, 5) is 23.5. The van der Waals surface area contributed by atoms with Gasteiger partial charge in [0.1, 0.15) is 0 Å². The summed E-state index contributed by atoms with van der Waals surface area (Å²) < 4.78 is 0. The number of nitrogens with one attached hydrogen (secondary N) is 2. The molecular formula is C13H17ClN4OS. The highest BCUT2D eigenvalue weighted by atomic mass is 35.5. The van der Waals surface area contributed by atoms with Gasteiger partial charge in [-0.2, -0.15) is 0 Å². The van der Waals surface area contributed by atoms with Crippen molar-refractivity contribution in [2.75, 3.05) is 6.54 Å². The van der Waals surface area contributed by atoms with E-state index in [9.17, 15) is 4.79 Å². The lowest BCUT2D eigenvalue weighted by molar-refractivity contribution is -0.120. The molecule has 2 N–H and O–H groups in total. The minimum Gasteiger partial charge on any atom is -0.355 e. The fourth-order valence-corrected chi connectivity index (χ4v) is 2.57. The van der Waals surface area contributed by atoms with Crippen LogP contribution in [-0.2, 0) is 4.79 Å². The second-order valence-corrected chi connectivity index (χ2v) is 6.73. The van der Waals surface area contributed by atoms with Gasteiger partial charge in [0.2, 0.25) is 5.91 Å². The van der Waals surface area contributed by atoms with Crippen molar-refractivity contribution in [2.45, 2.75) is 31.2 Å². The van der Waals surface area contributed by atoms with Gasteiger partial charge < -0.3 is 10.3 Å². The Kier molecular flexibility index (Phi) is 4.88. The van der Waals surface area contributed by atoms with E-state index in [1.54, 1.807) is 12.3 Å². The predicted octanol–water partition coefficient (Wildman–Crippen LogP) is 2.86. The normalized spacial score (nSPS) is 12.8. The third-order valence-electron chi connectivity index (χ3n) is 2.62. The van der Waals surface area contributed by atoms with Crippen LogP contribution in [0.1, 0.15) is 20.8 Å². The van der Waals surface area contributed by atoms with Gasteiger partial charge in [-0.05, 0) is 18.9 Å². The summed E-state index contributed by atoms with van der Waals surface area (Å²) in [5.74, 6) is 0.448. The monoisotopic (exact) mass is 312 g/mol. The molecule has 1 amide bonds. The lowest BCUT2D eigenvalue weighted by Crippen LogP contribution is -2.33. The van der Waals surface area contributed by atoms with E-state index in [4.69, 9.17) is 11.6 Å². The third-order valence-corrected chi connectivity index (χ3v) is 3.82. The zero-order valence-electron chi connectivity index (χ0n) is 11.6. The molecule has 0 aromatic carbocycles. The molecule has 7 heteroatoms. The van der Waals surface area contributed by atoms with Crippen LogP contribution in [0.25, 0.3) is 11.2 Å². The molecule has 0 aliphatic rings. The number of imidazole rings is 1. The maximum atomic E-state index is 11.9. The van der Waals surface area contributed by atoms with Crippen LogP contribution in [0.3, 0.4) is 0 Å². The van der Waals surface area contributed by atoms with Crippen LogP contribution >= 0.6 is 23.4 Å². The average Bonchev–Trinajstić information content (AvgIpc) is 2.76. The van der Waals surface area contributed by atoms with Crippen LogP contribution in [0.5, 0.6) is 0 Å². The minimum absolute atomic E-state index is 0.00940. The number of H-pyrrole nitrogens is 1. The van der Waals surface area contributed by atoms with Crippen molar-refractivity contribution in [1.29, 1.82) is 0 Å². The van der Waals surface area contributed by atoms with Crippen LogP contribution in [0.4, 0.5) is 0 Å². The molecule has 20 heavy (non-hydrogen) atoms. The molecule has 0 spiro atoms. The Morgan fingerprint density at radius 2 is 2.25 bits per heavy atom. The van der Waals surface area contributed by atoms with Crippen molar-refractivity contribution in [3.05, 3.63) is 17.3 Å². The molecule has 5 nitrogen and oxygen atoms in total. The predicted molar refractivity (Wildman–Crippen MR) is 82.1 cm³/mol. The van der Waals surface area contributed by atoms with Gasteiger partial charge in [-0.1, -0.05) is 37.2 Å². The first kappa shape index (κ1) is 15.1. The van der Waals surface area contributed by atoms with Crippen LogP contribution in [0.2, 0.25) is 5.02 Å². The van der Waals surface area contributed by atoms with E-state index in [1.165, 1.54) is 11.8 Å². The molecule has 2 rings (SSSR count). The first-order chi connectivity index (χ1) is 9.45. The Bertz CT molecular complexity index is 613. The summed E-state index contributed by atoms with van der Waals surface area (Å²) in [7, 11) is 0. The lowest BCUT2D eigenvalue weighted by atomic mass is 10.2. The number of hydrogen-bond donors (Lipinski definition) is 2. The minimum atomic E-state index is -0.218. The summed E-state index contributed by atoms with van der Waals surface area (Å²) >= 11 is 7.25. The van der Waals surface area contributed by atoms with Gasteiger partial charge in [0.25, 0.3) is 0 Å². The summed E-state index contributed by atoms with van der Waals surface area (Å²) in [6.07, 6.45) is 1.55. The zero-order valence-corrected chi connectivity index (χ0v) is 13.2. The molecule has 2 heterocycles. The highest BCUT2D eigenvalue weighted by Crippen LogP contribution is 2.23. The lowest BCUT2D eigenvalue weighted by Gasteiger charge is -2.11. The van der Waals surface area contributed by atoms with E-state index in [0.717, 1.165) is 5.52 Å². The third kappa shape index (κ3) is 3.86. The Hall–Kier alpha value is -1.27. The highest BCUT2D eigenvalue weighted by Gasteiger charge is 2.16. The van der Waals surface area contributed by atoms with Gasteiger partial charge in [0.05, 0.1) is 15.8 Å².